The first-order valence-electron chi connectivity index (χ1n) is 9.10. The zero-order chi connectivity index (χ0) is 19.8. The zero-order valence-corrected chi connectivity index (χ0v) is 17.5. The van der Waals surface area contributed by atoms with Crippen LogP contribution in [0, 0.1) is 6.92 Å². The summed E-state index contributed by atoms with van der Waals surface area (Å²) in [7, 11) is 0. The number of rotatable bonds is 4. The molecule has 144 valence electrons. The van der Waals surface area contributed by atoms with Gasteiger partial charge in [-0.3, -0.25) is 4.79 Å². The van der Waals surface area contributed by atoms with Crippen molar-refractivity contribution in [1.82, 2.24) is 10.1 Å². The fourth-order valence-electron chi connectivity index (χ4n) is 3.38. The minimum absolute atomic E-state index is 0.101. The maximum Gasteiger partial charge on any atom is 0.302 e. The standard InChI is InChI=1S/C20H20N4O2S2/c1-4-11-27-20-21-18(26)17-14-7-5-6-8-15(14)23(13(3)25)19(24(17)22-20)16-10-9-12(2)28-16/h5-10,19H,4,11H2,1-3H3. The highest BCUT2D eigenvalue weighted by Gasteiger charge is 2.44. The fourth-order valence-corrected chi connectivity index (χ4v) is 5.01. The number of para-hydroxylation sites is 1. The number of hydrogen-bond donors (Lipinski definition) is 0. The van der Waals surface area contributed by atoms with Crippen LogP contribution in [0.25, 0.3) is 11.3 Å². The second-order valence-corrected chi connectivity index (χ2v) is 8.95. The molecule has 0 radical (unpaired) electrons. The van der Waals surface area contributed by atoms with Crippen LogP contribution >= 0.6 is 23.1 Å². The number of aryl methyl sites for hydroxylation is 1. The van der Waals surface area contributed by atoms with Crippen LogP contribution < -0.4 is 14.7 Å². The van der Waals surface area contributed by atoms with Crippen molar-refractivity contribution in [2.45, 2.75) is 38.5 Å². The summed E-state index contributed by atoms with van der Waals surface area (Å²) >= 11 is 3.06. The normalized spacial score (nSPS) is 15.2. The topological polar surface area (TPSA) is 73.0 Å². The molecule has 3 heterocycles. The van der Waals surface area contributed by atoms with Gasteiger partial charge in [0.15, 0.2) is 0 Å². The second-order valence-electron chi connectivity index (χ2n) is 6.57. The van der Waals surface area contributed by atoms with Gasteiger partial charge in [0.05, 0.1) is 22.0 Å². The Kier molecular flexibility index (Phi) is 5.07. The van der Waals surface area contributed by atoms with E-state index in [0.717, 1.165) is 21.9 Å². The van der Waals surface area contributed by atoms with Crippen LogP contribution in [0.4, 0.5) is 5.69 Å². The number of thioether (sulfide) groups is 1. The van der Waals surface area contributed by atoms with E-state index in [-0.39, 0.29) is 11.8 Å². The lowest BCUT2D eigenvalue weighted by molar-refractivity contribution is -0.763. The molecular formula is C20H20N4O2S2. The van der Waals surface area contributed by atoms with Gasteiger partial charge >= 0.3 is 6.17 Å². The molecule has 0 aliphatic carbocycles. The molecule has 0 fully saturated rings. The SMILES string of the molecule is CCCSc1nc([O-])c2[n+](n1)C(c1ccc(C)s1)N(C(C)=O)c1ccccc1-2. The summed E-state index contributed by atoms with van der Waals surface area (Å²) in [4.78, 5) is 20.7. The van der Waals surface area contributed by atoms with Gasteiger partial charge in [0.2, 0.25) is 5.91 Å². The number of carbonyl (C=O) groups is 1. The molecule has 1 aliphatic heterocycles. The van der Waals surface area contributed by atoms with Gasteiger partial charge in [-0.05, 0) is 37.6 Å². The Bertz CT molecular complexity index is 1050. The van der Waals surface area contributed by atoms with Crippen LogP contribution in [0.15, 0.2) is 41.6 Å². The predicted octanol–water partition coefficient (Wildman–Crippen LogP) is 3.29. The van der Waals surface area contributed by atoms with E-state index in [9.17, 15) is 9.90 Å². The van der Waals surface area contributed by atoms with Crippen molar-refractivity contribution in [2.75, 3.05) is 10.7 Å². The predicted molar refractivity (Wildman–Crippen MR) is 108 cm³/mol. The lowest BCUT2D eigenvalue weighted by atomic mass is 10.0. The molecule has 0 saturated carbocycles. The Balaban J connectivity index is 2.00. The van der Waals surface area contributed by atoms with Gasteiger partial charge in [-0.2, -0.15) is 0 Å². The van der Waals surface area contributed by atoms with E-state index in [1.165, 1.54) is 11.8 Å². The first-order chi connectivity index (χ1) is 13.5. The largest absolute Gasteiger partial charge is 0.854 e. The van der Waals surface area contributed by atoms with Crippen molar-refractivity contribution < 1.29 is 14.6 Å². The van der Waals surface area contributed by atoms with Gasteiger partial charge in [-0.1, -0.05) is 35.5 Å². The van der Waals surface area contributed by atoms with Gasteiger partial charge in [-0.15, -0.1) is 11.3 Å². The number of aromatic nitrogens is 3. The molecule has 2 aromatic heterocycles. The van der Waals surface area contributed by atoms with Crippen molar-refractivity contribution in [3.05, 3.63) is 46.2 Å². The number of benzene rings is 1. The molecule has 3 aromatic rings. The summed E-state index contributed by atoms with van der Waals surface area (Å²) in [5.74, 6) is 0.409. The smallest absolute Gasteiger partial charge is 0.302 e. The van der Waals surface area contributed by atoms with Crippen LogP contribution in [-0.2, 0) is 4.79 Å². The zero-order valence-electron chi connectivity index (χ0n) is 15.9. The summed E-state index contributed by atoms with van der Waals surface area (Å²) in [5.41, 5.74) is 1.81. The van der Waals surface area contributed by atoms with Crippen LogP contribution in [0.1, 0.15) is 36.2 Å². The number of thiophene rings is 1. The number of anilines is 1. The third kappa shape index (κ3) is 3.16. The molecule has 0 N–H and O–H groups in total. The molecule has 1 amide bonds. The Morgan fingerprint density at radius 3 is 2.79 bits per heavy atom. The second kappa shape index (κ2) is 7.52. The van der Waals surface area contributed by atoms with Crippen LogP contribution in [0.2, 0.25) is 0 Å². The highest BCUT2D eigenvalue weighted by atomic mass is 32.2. The van der Waals surface area contributed by atoms with Gasteiger partial charge in [0.1, 0.15) is 0 Å². The lowest BCUT2D eigenvalue weighted by Crippen LogP contribution is -2.58. The summed E-state index contributed by atoms with van der Waals surface area (Å²) in [6.45, 7) is 5.64. The molecule has 6 nitrogen and oxygen atoms in total. The monoisotopic (exact) mass is 412 g/mol. The van der Waals surface area contributed by atoms with Crippen molar-refractivity contribution in [1.29, 1.82) is 0 Å². The van der Waals surface area contributed by atoms with Gasteiger partial charge in [0, 0.05) is 22.7 Å². The van der Waals surface area contributed by atoms with Crippen LogP contribution in [0.3, 0.4) is 0 Å². The van der Waals surface area contributed by atoms with E-state index < -0.39 is 6.17 Å². The van der Waals surface area contributed by atoms with E-state index >= 15 is 0 Å². The van der Waals surface area contributed by atoms with E-state index in [1.54, 1.807) is 27.8 Å². The van der Waals surface area contributed by atoms with Crippen molar-refractivity contribution in [3.8, 4) is 17.1 Å². The summed E-state index contributed by atoms with van der Waals surface area (Å²) in [6, 6.07) is 11.5. The summed E-state index contributed by atoms with van der Waals surface area (Å²) in [6.07, 6.45) is 0.456. The van der Waals surface area contributed by atoms with Crippen molar-refractivity contribution in [3.63, 3.8) is 0 Å². The molecule has 1 atom stereocenters. The van der Waals surface area contributed by atoms with Gasteiger partial charge < -0.3 is 5.11 Å². The number of carbonyl (C=O) groups excluding carboxylic acids is 1. The molecule has 28 heavy (non-hydrogen) atoms. The highest BCUT2D eigenvalue weighted by Crippen LogP contribution is 2.41. The average Bonchev–Trinajstić information content (AvgIpc) is 3.10. The Morgan fingerprint density at radius 1 is 1.32 bits per heavy atom. The maximum absolute atomic E-state index is 13.0. The van der Waals surface area contributed by atoms with E-state index in [4.69, 9.17) is 5.10 Å². The third-order valence-corrected chi connectivity index (χ3v) is 6.59. The summed E-state index contributed by atoms with van der Waals surface area (Å²) < 4.78 is 1.68. The van der Waals surface area contributed by atoms with E-state index in [2.05, 4.69) is 11.9 Å². The minimum atomic E-state index is -0.502. The van der Waals surface area contributed by atoms with E-state index in [0.29, 0.717) is 22.1 Å². The quantitative estimate of drug-likeness (QED) is 0.486. The molecule has 1 aromatic carbocycles. The number of fused-ring (bicyclic) bond motifs is 3. The molecule has 0 bridgehead atoms. The molecule has 0 saturated heterocycles. The lowest BCUT2D eigenvalue weighted by Gasteiger charge is -2.32. The number of nitrogens with zero attached hydrogens (tertiary/aromatic N) is 4. The Labute approximate surface area is 171 Å². The van der Waals surface area contributed by atoms with Crippen molar-refractivity contribution >= 4 is 34.7 Å². The van der Waals surface area contributed by atoms with Gasteiger partial charge in [-0.25, -0.2) is 9.88 Å². The number of hydrogen-bond acceptors (Lipinski definition) is 6. The number of amides is 1. The van der Waals surface area contributed by atoms with Crippen molar-refractivity contribution in [2.24, 2.45) is 0 Å². The average molecular weight is 413 g/mol. The first kappa shape index (κ1) is 18.9. The maximum atomic E-state index is 13.0. The highest BCUT2D eigenvalue weighted by molar-refractivity contribution is 7.99. The molecule has 1 aliphatic rings. The molecule has 4 rings (SSSR count). The Morgan fingerprint density at radius 2 is 2.11 bits per heavy atom. The molecule has 1 unspecified atom stereocenters. The molecule has 0 spiro atoms. The fraction of sp³-hybridized carbons (Fsp3) is 0.300. The Hall–Kier alpha value is -2.45. The first-order valence-corrected chi connectivity index (χ1v) is 10.9. The van der Waals surface area contributed by atoms with Crippen LogP contribution in [0.5, 0.6) is 5.88 Å². The molecule has 8 heteroatoms. The van der Waals surface area contributed by atoms with E-state index in [1.807, 2.05) is 43.3 Å². The summed E-state index contributed by atoms with van der Waals surface area (Å²) in [5, 5.41) is 18.1. The minimum Gasteiger partial charge on any atom is -0.854 e. The molecular weight excluding hydrogens is 392 g/mol. The van der Waals surface area contributed by atoms with Crippen LogP contribution in [-0.4, -0.2) is 21.7 Å². The third-order valence-electron chi connectivity index (χ3n) is 4.51. The van der Waals surface area contributed by atoms with Gasteiger partial charge in [0.25, 0.3) is 10.9 Å².